The van der Waals surface area contributed by atoms with E-state index in [-0.39, 0.29) is 23.1 Å². The van der Waals surface area contributed by atoms with E-state index in [0.717, 1.165) is 5.56 Å². The lowest BCUT2D eigenvalue weighted by atomic mass is 10.2. The maximum atomic E-state index is 11.0. The van der Waals surface area contributed by atoms with Crippen LogP contribution in [0, 0.1) is 10.1 Å². The van der Waals surface area contributed by atoms with Crippen LogP contribution >= 0.6 is 11.6 Å². The second-order valence-electron chi connectivity index (χ2n) is 3.99. The molecule has 0 aliphatic rings. The second-order valence-corrected chi connectivity index (χ2v) is 4.39. The van der Waals surface area contributed by atoms with Crippen LogP contribution in [0.2, 0.25) is 5.02 Å². The third-order valence-electron chi connectivity index (χ3n) is 2.67. The van der Waals surface area contributed by atoms with Gasteiger partial charge in [0.2, 0.25) is 5.75 Å². The minimum atomic E-state index is -0.536. The number of rotatable bonds is 5. The molecule has 6 heteroatoms. The lowest BCUT2D eigenvalue weighted by molar-refractivity contribution is -0.385. The number of benzene rings is 2. The van der Waals surface area contributed by atoms with Crippen molar-refractivity contribution in [2.45, 2.75) is 6.61 Å². The molecule has 0 amide bonds. The molecule has 2 aromatic rings. The molecule has 0 atom stereocenters. The number of nitrogens with zero attached hydrogens (tertiary/aromatic N) is 1. The summed E-state index contributed by atoms with van der Waals surface area (Å²) in [5.74, 6) is 0.459. The van der Waals surface area contributed by atoms with Crippen LogP contribution in [0.4, 0.5) is 5.69 Å². The predicted molar refractivity (Wildman–Crippen MR) is 75.4 cm³/mol. The Kier molecular flexibility index (Phi) is 4.42. The fraction of sp³-hybridized carbons (Fsp3) is 0.143. The smallest absolute Gasteiger partial charge is 0.312 e. The van der Waals surface area contributed by atoms with Crippen molar-refractivity contribution < 1.29 is 14.4 Å². The molecule has 20 heavy (non-hydrogen) atoms. The lowest BCUT2D eigenvalue weighted by Crippen LogP contribution is -2.00. The molecule has 0 aliphatic heterocycles. The molecule has 0 N–H and O–H groups in total. The number of halogens is 1. The molecular formula is C14H12ClNO4. The Balaban J connectivity index is 2.27. The first-order valence-electron chi connectivity index (χ1n) is 5.80. The van der Waals surface area contributed by atoms with E-state index in [9.17, 15) is 10.1 Å². The highest BCUT2D eigenvalue weighted by molar-refractivity contribution is 6.32. The van der Waals surface area contributed by atoms with Crippen LogP contribution in [0.25, 0.3) is 0 Å². The topological polar surface area (TPSA) is 61.6 Å². The fourth-order valence-electron chi connectivity index (χ4n) is 1.67. The van der Waals surface area contributed by atoms with Crippen molar-refractivity contribution in [2.75, 3.05) is 7.11 Å². The van der Waals surface area contributed by atoms with Gasteiger partial charge in [-0.05, 0) is 5.56 Å². The van der Waals surface area contributed by atoms with E-state index < -0.39 is 4.92 Å². The zero-order valence-corrected chi connectivity index (χ0v) is 11.5. The Morgan fingerprint density at radius 1 is 1.20 bits per heavy atom. The van der Waals surface area contributed by atoms with Crippen molar-refractivity contribution in [3.05, 3.63) is 63.2 Å². The Morgan fingerprint density at radius 3 is 2.50 bits per heavy atom. The molecule has 0 saturated carbocycles. The summed E-state index contributed by atoms with van der Waals surface area (Å²) in [6.07, 6.45) is 0. The van der Waals surface area contributed by atoms with E-state index in [1.54, 1.807) is 0 Å². The average Bonchev–Trinajstić information content (AvgIpc) is 2.46. The molecular weight excluding hydrogens is 282 g/mol. The van der Waals surface area contributed by atoms with E-state index in [1.165, 1.54) is 19.2 Å². The van der Waals surface area contributed by atoms with Gasteiger partial charge in [-0.2, -0.15) is 0 Å². The average molecular weight is 294 g/mol. The number of nitro benzene ring substituents is 1. The monoisotopic (exact) mass is 293 g/mol. The molecule has 0 radical (unpaired) electrons. The molecule has 0 fully saturated rings. The number of methoxy groups -OCH3 is 1. The summed E-state index contributed by atoms with van der Waals surface area (Å²) in [6.45, 7) is 0.229. The third-order valence-corrected chi connectivity index (χ3v) is 2.96. The molecule has 2 rings (SSSR count). The standard InChI is InChI=1S/C14H12ClNO4/c1-19-13-8-14(12(16(17)18)7-11(13)15)20-9-10-5-3-2-4-6-10/h2-8H,9H2,1H3. The summed E-state index contributed by atoms with van der Waals surface area (Å²) < 4.78 is 10.5. The van der Waals surface area contributed by atoms with Crippen molar-refractivity contribution >= 4 is 17.3 Å². The highest BCUT2D eigenvalue weighted by Gasteiger charge is 2.19. The fourth-order valence-corrected chi connectivity index (χ4v) is 1.91. The highest BCUT2D eigenvalue weighted by Crippen LogP contribution is 2.37. The molecule has 2 aromatic carbocycles. The molecule has 0 bridgehead atoms. The van der Waals surface area contributed by atoms with E-state index in [0.29, 0.717) is 5.75 Å². The number of hydrogen-bond donors (Lipinski definition) is 0. The number of nitro groups is 1. The van der Waals surface area contributed by atoms with Gasteiger partial charge in [-0.1, -0.05) is 41.9 Å². The highest BCUT2D eigenvalue weighted by atomic mass is 35.5. The van der Waals surface area contributed by atoms with E-state index in [1.807, 2.05) is 30.3 Å². The van der Waals surface area contributed by atoms with E-state index in [4.69, 9.17) is 21.1 Å². The third kappa shape index (κ3) is 3.19. The second kappa shape index (κ2) is 6.25. The van der Waals surface area contributed by atoms with Gasteiger partial charge in [0.25, 0.3) is 0 Å². The maximum absolute atomic E-state index is 11.0. The predicted octanol–water partition coefficient (Wildman–Crippen LogP) is 3.84. The summed E-state index contributed by atoms with van der Waals surface area (Å²) in [5, 5.41) is 11.2. The first-order chi connectivity index (χ1) is 9.61. The Labute approximate surface area is 120 Å². The van der Waals surface area contributed by atoms with Crippen molar-refractivity contribution in [1.82, 2.24) is 0 Å². The van der Waals surface area contributed by atoms with Gasteiger partial charge in [-0.25, -0.2) is 0 Å². The van der Waals surface area contributed by atoms with Crippen molar-refractivity contribution in [3.63, 3.8) is 0 Å². The number of hydrogen-bond acceptors (Lipinski definition) is 4. The van der Waals surface area contributed by atoms with Gasteiger partial charge in [0.1, 0.15) is 12.4 Å². The quantitative estimate of drug-likeness (QED) is 0.621. The van der Waals surface area contributed by atoms with Crippen molar-refractivity contribution in [2.24, 2.45) is 0 Å². The van der Waals surface area contributed by atoms with Gasteiger partial charge in [-0.15, -0.1) is 0 Å². The molecule has 0 spiro atoms. The van der Waals surface area contributed by atoms with Gasteiger partial charge < -0.3 is 9.47 Å². The summed E-state index contributed by atoms with van der Waals surface area (Å²) in [4.78, 5) is 10.5. The van der Waals surface area contributed by atoms with Crippen molar-refractivity contribution in [1.29, 1.82) is 0 Å². The minimum absolute atomic E-state index is 0.125. The largest absolute Gasteiger partial charge is 0.495 e. The molecule has 0 aliphatic carbocycles. The SMILES string of the molecule is COc1cc(OCc2ccccc2)c([N+](=O)[O-])cc1Cl. The summed E-state index contributed by atoms with van der Waals surface area (Å²) in [6, 6.07) is 12.0. The van der Waals surface area contributed by atoms with Crippen LogP contribution in [0.1, 0.15) is 5.56 Å². The molecule has 0 unspecified atom stereocenters. The van der Waals surface area contributed by atoms with Gasteiger partial charge in [-0.3, -0.25) is 10.1 Å². The van der Waals surface area contributed by atoms with Gasteiger partial charge in [0.15, 0.2) is 0 Å². The minimum Gasteiger partial charge on any atom is -0.495 e. The van der Waals surface area contributed by atoms with Crippen LogP contribution in [0.5, 0.6) is 11.5 Å². The molecule has 5 nitrogen and oxygen atoms in total. The first-order valence-corrected chi connectivity index (χ1v) is 6.18. The molecule has 0 aromatic heterocycles. The Bertz CT molecular complexity index is 616. The number of ether oxygens (including phenoxy) is 2. The normalized spacial score (nSPS) is 10.1. The van der Waals surface area contributed by atoms with Gasteiger partial charge in [0, 0.05) is 12.1 Å². The zero-order valence-electron chi connectivity index (χ0n) is 10.7. The Hall–Kier alpha value is -2.27. The van der Waals surface area contributed by atoms with Crippen LogP contribution < -0.4 is 9.47 Å². The lowest BCUT2D eigenvalue weighted by Gasteiger charge is -2.09. The first kappa shape index (κ1) is 14.1. The van der Waals surface area contributed by atoms with Crippen LogP contribution in [0.15, 0.2) is 42.5 Å². The van der Waals surface area contributed by atoms with Crippen LogP contribution in [-0.4, -0.2) is 12.0 Å². The van der Waals surface area contributed by atoms with Gasteiger partial charge >= 0.3 is 5.69 Å². The van der Waals surface area contributed by atoms with Crippen LogP contribution in [-0.2, 0) is 6.61 Å². The Morgan fingerprint density at radius 2 is 1.90 bits per heavy atom. The summed E-state index contributed by atoms with van der Waals surface area (Å²) in [5.41, 5.74) is 0.724. The van der Waals surface area contributed by atoms with Crippen molar-refractivity contribution in [3.8, 4) is 11.5 Å². The molecule has 0 heterocycles. The van der Waals surface area contributed by atoms with E-state index >= 15 is 0 Å². The summed E-state index contributed by atoms with van der Waals surface area (Å²) >= 11 is 5.88. The zero-order chi connectivity index (χ0) is 14.5. The van der Waals surface area contributed by atoms with E-state index in [2.05, 4.69) is 0 Å². The summed E-state index contributed by atoms with van der Waals surface area (Å²) in [7, 11) is 1.44. The maximum Gasteiger partial charge on any atom is 0.312 e. The van der Waals surface area contributed by atoms with Gasteiger partial charge in [0.05, 0.1) is 17.1 Å². The van der Waals surface area contributed by atoms with Crippen LogP contribution in [0.3, 0.4) is 0 Å². The molecule has 0 saturated heterocycles. The molecule has 104 valence electrons.